The van der Waals surface area contributed by atoms with Crippen molar-refractivity contribution in [2.75, 3.05) is 39.8 Å². The summed E-state index contributed by atoms with van der Waals surface area (Å²) < 4.78 is 0. The maximum absolute atomic E-state index is 8.69. The Hall–Kier alpha value is -0.120. The molecule has 0 saturated carbocycles. The Morgan fingerprint density at radius 3 is 2.56 bits per heavy atom. The van der Waals surface area contributed by atoms with Gasteiger partial charge in [0.25, 0.3) is 0 Å². The van der Waals surface area contributed by atoms with Gasteiger partial charge in [-0.3, -0.25) is 0 Å². The second kappa shape index (κ2) is 8.04. The highest BCUT2D eigenvalue weighted by Crippen LogP contribution is 2.11. The van der Waals surface area contributed by atoms with Gasteiger partial charge < -0.3 is 14.9 Å². The van der Waals surface area contributed by atoms with Crippen molar-refractivity contribution in [2.45, 2.75) is 45.1 Å². The molecule has 0 bridgehead atoms. The summed E-state index contributed by atoms with van der Waals surface area (Å²) in [5.74, 6) is 0. The van der Waals surface area contributed by atoms with E-state index in [0.717, 1.165) is 12.5 Å². The molecular formula is C13H28N2O. The van der Waals surface area contributed by atoms with Crippen molar-refractivity contribution in [1.82, 2.24) is 9.80 Å². The fraction of sp³-hybridized carbons (Fsp3) is 1.00. The van der Waals surface area contributed by atoms with Gasteiger partial charge in [-0.05, 0) is 32.9 Å². The van der Waals surface area contributed by atoms with Crippen LogP contribution in [0, 0.1) is 0 Å². The van der Waals surface area contributed by atoms with E-state index >= 15 is 0 Å². The first-order valence-electron chi connectivity index (χ1n) is 6.81. The van der Waals surface area contributed by atoms with E-state index in [2.05, 4.69) is 23.8 Å². The molecule has 1 N–H and O–H groups in total. The van der Waals surface area contributed by atoms with E-state index in [1.54, 1.807) is 0 Å². The van der Waals surface area contributed by atoms with Crippen LogP contribution < -0.4 is 0 Å². The summed E-state index contributed by atoms with van der Waals surface area (Å²) in [6, 6.07) is 0.756. The molecular weight excluding hydrogens is 200 g/mol. The van der Waals surface area contributed by atoms with Crippen LogP contribution in [0.3, 0.4) is 0 Å². The lowest BCUT2D eigenvalue weighted by molar-refractivity contribution is 0.0918. The Bertz CT molecular complexity index is 175. The third-order valence-corrected chi connectivity index (χ3v) is 3.71. The van der Waals surface area contributed by atoms with Crippen molar-refractivity contribution in [3.05, 3.63) is 0 Å². The van der Waals surface area contributed by atoms with Crippen LogP contribution in [0.2, 0.25) is 0 Å². The first kappa shape index (κ1) is 13.9. The summed E-state index contributed by atoms with van der Waals surface area (Å²) in [5, 5.41) is 8.69. The van der Waals surface area contributed by atoms with Gasteiger partial charge in [-0.15, -0.1) is 0 Å². The molecule has 0 amide bonds. The van der Waals surface area contributed by atoms with Crippen LogP contribution in [-0.2, 0) is 0 Å². The van der Waals surface area contributed by atoms with Crippen LogP contribution in [0.15, 0.2) is 0 Å². The number of likely N-dealkylation sites (N-methyl/N-ethyl adjacent to an activating group) is 1. The number of hydrogen-bond donors (Lipinski definition) is 1. The number of hydrogen-bond acceptors (Lipinski definition) is 3. The fourth-order valence-electron chi connectivity index (χ4n) is 2.46. The lowest BCUT2D eigenvalue weighted by Gasteiger charge is -2.39. The number of aliphatic hydroxyl groups is 1. The van der Waals surface area contributed by atoms with Crippen molar-refractivity contribution >= 4 is 0 Å². The van der Waals surface area contributed by atoms with Crippen molar-refractivity contribution in [1.29, 1.82) is 0 Å². The lowest BCUT2D eigenvalue weighted by atomic mass is 10.1. The number of aliphatic hydroxyl groups excluding tert-OH is 1. The van der Waals surface area contributed by atoms with Crippen LogP contribution in [0.4, 0.5) is 0 Å². The van der Waals surface area contributed by atoms with Crippen molar-refractivity contribution in [3.8, 4) is 0 Å². The van der Waals surface area contributed by atoms with Gasteiger partial charge in [-0.2, -0.15) is 0 Å². The maximum Gasteiger partial charge on any atom is 0.0431 e. The highest BCUT2D eigenvalue weighted by atomic mass is 16.2. The third kappa shape index (κ3) is 4.81. The summed E-state index contributed by atoms with van der Waals surface area (Å²) in [6.45, 7) is 7.57. The highest BCUT2D eigenvalue weighted by Gasteiger charge is 2.21. The second-order valence-corrected chi connectivity index (χ2v) is 4.98. The number of unbranched alkanes of at least 4 members (excludes halogenated alkanes) is 3. The van der Waals surface area contributed by atoms with Crippen molar-refractivity contribution < 1.29 is 5.11 Å². The predicted octanol–water partition coefficient (Wildman–Crippen LogP) is 1.57. The van der Waals surface area contributed by atoms with E-state index < -0.39 is 0 Å². The molecule has 96 valence electrons. The summed E-state index contributed by atoms with van der Waals surface area (Å²) in [7, 11) is 2.24. The van der Waals surface area contributed by atoms with Gasteiger partial charge in [0.2, 0.25) is 0 Å². The van der Waals surface area contributed by atoms with Gasteiger partial charge in [0.15, 0.2) is 0 Å². The molecule has 1 aliphatic heterocycles. The monoisotopic (exact) mass is 228 g/mol. The first-order chi connectivity index (χ1) is 7.77. The molecule has 0 aromatic carbocycles. The zero-order valence-corrected chi connectivity index (χ0v) is 11.0. The molecule has 3 nitrogen and oxygen atoms in total. The Balaban J connectivity index is 2.08. The fourth-order valence-corrected chi connectivity index (χ4v) is 2.46. The SMILES string of the molecule is CCC1CN(CCCCCCO)CCN1C. The van der Waals surface area contributed by atoms with Crippen LogP contribution in [0.1, 0.15) is 39.0 Å². The predicted molar refractivity (Wildman–Crippen MR) is 68.7 cm³/mol. The van der Waals surface area contributed by atoms with Gasteiger partial charge in [-0.1, -0.05) is 19.8 Å². The van der Waals surface area contributed by atoms with Gasteiger partial charge in [0.05, 0.1) is 0 Å². The van der Waals surface area contributed by atoms with E-state index in [0.29, 0.717) is 6.61 Å². The van der Waals surface area contributed by atoms with Crippen molar-refractivity contribution in [3.63, 3.8) is 0 Å². The molecule has 3 heteroatoms. The van der Waals surface area contributed by atoms with E-state index in [1.165, 1.54) is 51.9 Å². The van der Waals surface area contributed by atoms with E-state index in [-0.39, 0.29) is 0 Å². The van der Waals surface area contributed by atoms with Crippen LogP contribution >= 0.6 is 0 Å². The Morgan fingerprint density at radius 1 is 1.12 bits per heavy atom. The molecule has 16 heavy (non-hydrogen) atoms. The summed E-state index contributed by atoms with van der Waals surface area (Å²) >= 11 is 0. The molecule has 1 rings (SSSR count). The Kier molecular flexibility index (Phi) is 7.01. The molecule has 0 radical (unpaired) electrons. The molecule has 1 fully saturated rings. The molecule has 1 heterocycles. The Labute approximate surface area is 100 Å². The average Bonchev–Trinajstić information content (AvgIpc) is 2.31. The Morgan fingerprint density at radius 2 is 1.88 bits per heavy atom. The molecule has 1 saturated heterocycles. The minimum absolute atomic E-state index is 0.354. The maximum atomic E-state index is 8.69. The molecule has 1 aliphatic rings. The minimum atomic E-state index is 0.354. The molecule has 0 aromatic rings. The number of rotatable bonds is 7. The zero-order valence-electron chi connectivity index (χ0n) is 11.0. The molecule has 0 aromatic heterocycles. The summed E-state index contributed by atoms with van der Waals surface area (Å²) in [4.78, 5) is 5.09. The largest absolute Gasteiger partial charge is 0.396 e. The first-order valence-corrected chi connectivity index (χ1v) is 6.81. The third-order valence-electron chi connectivity index (χ3n) is 3.71. The van der Waals surface area contributed by atoms with E-state index in [1.807, 2.05) is 0 Å². The van der Waals surface area contributed by atoms with E-state index in [4.69, 9.17) is 5.11 Å². The average molecular weight is 228 g/mol. The molecule has 1 unspecified atom stereocenters. The quantitative estimate of drug-likeness (QED) is 0.670. The molecule has 1 atom stereocenters. The van der Waals surface area contributed by atoms with Crippen LogP contribution in [0.5, 0.6) is 0 Å². The standard InChI is InChI=1S/C13H28N2O/c1-3-13-12-15(10-9-14(13)2)8-6-4-5-7-11-16/h13,16H,3-12H2,1-2H3. The lowest BCUT2D eigenvalue weighted by Crippen LogP contribution is -2.51. The highest BCUT2D eigenvalue weighted by molar-refractivity contribution is 4.78. The topological polar surface area (TPSA) is 26.7 Å². The van der Waals surface area contributed by atoms with Gasteiger partial charge in [-0.25, -0.2) is 0 Å². The normalized spacial score (nSPS) is 23.8. The summed E-state index contributed by atoms with van der Waals surface area (Å²) in [5.41, 5.74) is 0. The van der Waals surface area contributed by atoms with Gasteiger partial charge in [0.1, 0.15) is 0 Å². The minimum Gasteiger partial charge on any atom is -0.396 e. The molecule has 0 spiro atoms. The van der Waals surface area contributed by atoms with Crippen LogP contribution in [-0.4, -0.2) is 60.8 Å². The number of piperazine rings is 1. The van der Waals surface area contributed by atoms with Gasteiger partial charge >= 0.3 is 0 Å². The number of nitrogens with zero attached hydrogens (tertiary/aromatic N) is 2. The van der Waals surface area contributed by atoms with E-state index in [9.17, 15) is 0 Å². The van der Waals surface area contributed by atoms with Crippen molar-refractivity contribution in [2.24, 2.45) is 0 Å². The second-order valence-electron chi connectivity index (χ2n) is 4.98. The molecule has 0 aliphatic carbocycles. The summed E-state index contributed by atoms with van der Waals surface area (Å²) in [6.07, 6.45) is 5.98. The van der Waals surface area contributed by atoms with Crippen LogP contribution in [0.25, 0.3) is 0 Å². The van der Waals surface area contributed by atoms with Gasteiger partial charge in [0, 0.05) is 32.3 Å². The zero-order chi connectivity index (χ0) is 11.8. The smallest absolute Gasteiger partial charge is 0.0431 e.